The van der Waals surface area contributed by atoms with Crippen LogP contribution in [0, 0.1) is 10.1 Å². The zero-order valence-electron chi connectivity index (χ0n) is 13.8. The quantitative estimate of drug-likeness (QED) is 0.396. The van der Waals surface area contributed by atoms with Crippen LogP contribution in [0.2, 0.25) is 5.02 Å². The average molecular weight is 396 g/mol. The molecule has 0 aliphatic rings. The molecule has 0 aliphatic heterocycles. The molecule has 2 N–H and O–H groups in total. The summed E-state index contributed by atoms with van der Waals surface area (Å²) < 4.78 is 9.65. The summed E-state index contributed by atoms with van der Waals surface area (Å²) in [6, 6.07) is 6.75. The van der Waals surface area contributed by atoms with E-state index in [0.29, 0.717) is 0 Å². The van der Waals surface area contributed by atoms with Gasteiger partial charge in [0.05, 0.1) is 17.6 Å². The molecule has 0 saturated heterocycles. The second-order valence-electron chi connectivity index (χ2n) is 5.12. The van der Waals surface area contributed by atoms with E-state index in [4.69, 9.17) is 20.8 Å². The van der Waals surface area contributed by atoms with Crippen LogP contribution in [0.5, 0.6) is 0 Å². The van der Waals surface area contributed by atoms with Crippen molar-refractivity contribution in [2.75, 3.05) is 18.5 Å². The molecule has 2 rings (SSSR count). The molecule has 1 aromatic heterocycles. The molecule has 27 heavy (non-hydrogen) atoms. The third-order valence-corrected chi connectivity index (χ3v) is 3.47. The van der Waals surface area contributed by atoms with Crippen LogP contribution in [0.4, 0.5) is 11.4 Å². The molecule has 11 heteroatoms. The lowest BCUT2D eigenvalue weighted by Crippen LogP contribution is -2.27. The molecule has 0 atom stereocenters. The van der Waals surface area contributed by atoms with Crippen molar-refractivity contribution in [3.63, 3.8) is 0 Å². The number of nitrogens with zero attached hydrogens (tertiary/aromatic N) is 1. The lowest BCUT2D eigenvalue weighted by molar-refractivity contribution is -0.384. The molecule has 142 valence electrons. The van der Waals surface area contributed by atoms with E-state index in [-0.39, 0.29) is 35.1 Å². The maximum atomic E-state index is 11.7. The summed E-state index contributed by atoms with van der Waals surface area (Å²) in [4.78, 5) is 45.0. The van der Waals surface area contributed by atoms with Gasteiger partial charge in [-0.3, -0.25) is 24.5 Å². The number of hydrogen-bond donors (Lipinski definition) is 2. The molecule has 2 aromatic rings. The number of halogens is 1. The predicted molar refractivity (Wildman–Crippen MR) is 93.4 cm³/mol. The fourth-order valence-corrected chi connectivity index (χ4v) is 2.11. The van der Waals surface area contributed by atoms with Crippen molar-refractivity contribution < 1.29 is 28.5 Å². The van der Waals surface area contributed by atoms with Gasteiger partial charge in [0.15, 0.2) is 12.4 Å². The first-order chi connectivity index (χ1) is 12.9. The molecule has 0 fully saturated rings. The Kier molecular flexibility index (Phi) is 6.89. The summed E-state index contributed by atoms with van der Waals surface area (Å²) in [5, 5.41) is 15.5. The van der Waals surface area contributed by atoms with E-state index in [1.54, 1.807) is 6.07 Å². The lowest BCUT2D eigenvalue weighted by Gasteiger charge is -2.07. The predicted octanol–water partition coefficient (Wildman–Crippen LogP) is 2.14. The highest BCUT2D eigenvalue weighted by Gasteiger charge is 2.15. The Hall–Kier alpha value is -3.40. The van der Waals surface area contributed by atoms with Gasteiger partial charge in [-0.1, -0.05) is 11.6 Å². The molecule has 0 radical (unpaired) electrons. The number of carbonyl (C=O) groups is 3. The number of esters is 1. The number of ether oxygens (including phenoxy) is 1. The first-order valence-corrected chi connectivity index (χ1v) is 7.95. The van der Waals surface area contributed by atoms with Crippen molar-refractivity contribution in [2.24, 2.45) is 0 Å². The fourth-order valence-electron chi connectivity index (χ4n) is 1.92. The number of hydrogen-bond acceptors (Lipinski definition) is 7. The molecular formula is C16H14ClN3O7. The van der Waals surface area contributed by atoms with Crippen molar-refractivity contribution in [1.29, 1.82) is 0 Å². The minimum Gasteiger partial charge on any atom is -0.459 e. The minimum absolute atomic E-state index is 0.00334. The van der Waals surface area contributed by atoms with Crippen LogP contribution in [0.3, 0.4) is 0 Å². The molecule has 0 bridgehead atoms. The van der Waals surface area contributed by atoms with Gasteiger partial charge in [0.25, 0.3) is 17.5 Å². The fraction of sp³-hybridized carbons (Fsp3) is 0.188. The number of nitro benzene ring substituents is 1. The number of carbonyl (C=O) groups excluding carboxylic acids is 3. The van der Waals surface area contributed by atoms with Crippen molar-refractivity contribution >= 4 is 40.8 Å². The summed E-state index contributed by atoms with van der Waals surface area (Å²) >= 11 is 5.67. The third-order valence-electron chi connectivity index (χ3n) is 3.15. The summed E-state index contributed by atoms with van der Waals surface area (Å²) in [5.41, 5.74) is -0.225. The van der Waals surface area contributed by atoms with Crippen LogP contribution in [-0.4, -0.2) is 35.9 Å². The van der Waals surface area contributed by atoms with Gasteiger partial charge in [-0.15, -0.1) is 0 Å². The number of nitrogens with one attached hydrogen (secondary N) is 2. The molecule has 2 amide bonds. The molecule has 0 spiro atoms. The van der Waals surface area contributed by atoms with E-state index in [1.165, 1.54) is 24.5 Å². The van der Waals surface area contributed by atoms with E-state index in [0.717, 1.165) is 6.07 Å². The van der Waals surface area contributed by atoms with Gasteiger partial charge in [0, 0.05) is 18.3 Å². The second-order valence-corrected chi connectivity index (χ2v) is 5.52. The summed E-state index contributed by atoms with van der Waals surface area (Å²) in [6.45, 7) is -0.579. The van der Waals surface area contributed by atoms with Crippen molar-refractivity contribution in [1.82, 2.24) is 5.32 Å². The second kappa shape index (κ2) is 9.34. The highest BCUT2D eigenvalue weighted by molar-refractivity contribution is 6.32. The van der Waals surface area contributed by atoms with E-state index in [1.807, 2.05) is 0 Å². The number of rotatable bonds is 8. The smallest absolute Gasteiger partial charge is 0.308 e. The highest BCUT2D eigenvalue weighted by Crippen LogP contribution is 2.27. The minimum atomic E-state index is -0.702. The monoisotopic (exact) mass is 395 g/mol. The third kappa shape index (κ3) is 6.12. The summed E-state index contributed by atoms with van der Waals surface area (Å²) in [6.07, 6.45) is 1.20. The SMILES string of the molecule is O=C(COC(=O)CCNC(=O)c1ccco1)Nc1ccc(Cl)c([N+](=O)[O-])c1. The lowest BCUT2D eigenvalue weighted by atomic mass is 10.3. The number of nitro groups is 1. The Morgan fingerprint density at radius 3 is 2.70 bits per heavy atom. The topological polar surface area (TPSA) is 141 Å². The van der Waals surface area contributed by atoms with Crippen LogP contribution in [0.1, 0.15) is 17.0 Å². The van der Waals surface area contributed by atoms with E-state index in [9.17, 15) is 24.5 Å². The molecule has 0 unspecified atom stereocenters. The molecule has 0 aliphatic carbocycles. The zero-order valence-corrected chi connectivity index (χ0v) is 14.5. The maximum Gasteiger partial charge on any atom is 0.308 e. The van der Waals surface area contributed by atoms with E-state index in [2.05, 4.69) is 10.6 Å². The first kappa shape index (κ1) is 19.9. The summed E-state index contributed by atoms with van der Waals surface area (Å²) in [7, 11) is 0. The van der Waals surface area contributed by atoms with Crippen LogP contribution in [0.15, 0.2) is 41.0 Å². The van der Waals surface area contributed by atoms with Crippen molar-refractivity contribution in [2.45, 2.75) is 6.42 Å². The molecule has 1 heterocycles. The van der Waals surface area contributed by atoms with Crippen LogP contribution < -0.4 is 10.6 Å². The molecule has 0 saturated carbocycles. The van der Waals surface area contributed by atoms with Crippen molar-refractivity contribution in [3.8, 4) is 0 Å². The standard InChI is InChI=1S/C16H14ClN3O7/c17-11-4-3-10(8-12(11)20(24)25)19-14(21)9-27-15(22)5-6-18-16(23)13-2-1-7-26-13/h1-4,7-8H,5-6,9H2,(H,18,23)(H,19,21). The largest absolute Gasteiger partial charge is 0.459 e. The molecule has 1 aromatic carbocycles. The number of benzene rings is 1. The Balaban J connectivity index is 1.72. The van der Waals surface area contributed by atoms with Gasteiger partial charge in [-0.05, 0) is 24.3 Å². The zero-order chi connectivity index (χ0) is 19.8. The normalized spacial score (nSPS) is 10.1. The maximum absolute atomic E-state index is 11.7. The van der Waals surface area contributed by atoms with Crippen LogP contribution in [-0.2, 0) is 14.3 Å². The molecular weight excluding hydrogens is 382 g/mol. The van der Waals surface area contributed by atoms with Gasteiger partial charge in [-0.25, -0.2) is 0 Å². The van der Waals surface area contributed by atoms with Crippen LogP contribution >= 0.6 is 11.6 Å². The Bertz CT molecular complexity index is 852. The summed E-state index contributed by atoms with van der Waals surface area (Å²) in [5.74, 6) is -1.75. The van der Waals surface area contributed by atoms with Gasteiger partial charge < -0.3 is 19.8 Å². The number of furan rings is 1. The highest BCUT2D eigenvalue weighted by atomic mass is 35.5. The average Bonchev–Trinajstić information content (AvgIpc) is 3.16. The number of amides is 2. The first-order valence-electron chi connectivity index (χ1n) is 7.58. The molecule has 10 nitrogen and oxygen atoms in total. The van der Waals surface area contributed by atoms with E-state index >= 15 is 0 Å². The van der Waals surface area contributed by atoms with Crippen molar-refractivity contribution in [3.05, 3.63) is 57.5 Å². The van der Waals surface area contributed by atoms with Crippen LogP contribution in [0.25, 0.3) is 0 Å². The van der Waals surface area contributed by atoms with E-state index < -0.39 is 29.3 Å². The van der Waals surface area contributed by atoms with Gasteiger partial charge >= 0.3 is 5.97 Å². The van der Waals surface area contributed by atoms with Gasteiger partial charge in [0.2, 0.25) is 0 Å². The Labute approximate surface area is 157 Å². The Morgan fingerprint density at radius 2 is 2.04 bits per heavy atom. The number of anilines is 1. The Morgan fingerprint density at radius 1 is 1.26 bits per heavy atom. The van der Waals surface area contributed by atoms with Gasteiger partial charge in [0.1, 0.15) is 5.02 Å². The van der Waals surface area contributed by atoms with Gasteiger partial charge in [-0.2, -0.15) is 0 Å².